The molecule has 0 aliphatic carbocycles. The van der Waals surface area contributed by atoms with Crippen LogP contribution in [0.2, 0.25) is 0 Å². The van der Waals surface area contributed by atoms with Crippen molar-refractivity contribution in [2.45, 2.75) is 38.0 Å². The second kappa shape index (κ2) is 8.54. The lowest BCUT2D eigenvalue weighted by Gasteiger charge is -2.30. The minimum atomic E-state index is -3.49. The standard InChI is InChI=1S/C20H29N3O3S/c1-15-3-4-19(13-16(15)2)27(25,26)23-11-7-18(8-12-23)20(24)22-14-17-5-9-21-10-6-17/h3-5,13,18,21H,6-12,14H2,1-2H3,(H,22,24). The quantitative estimate of drug-likeness (QED) is 0.750. The van der Waals surface area contributed by atoms with Gasteiger partial charge in [0.2, 0.25) is 15.9 Å². The third kappa shape index (κ3) is 4.78. The molecule has 0 bridgehead atoms. The average Bonchev–Trinajstić information content (AvgIpc) is 2.69. The molecule has 7 heteroatoms. The van der Waals surface area contributed by atoms with Crippen LogP contribution >= 0.6 is 0 Å². The van der Waals surface area contributed by atoms with E-state index in [0.717, 1.165) is 30.6 Å². The van der Waals surface area contributed by atoms with Crippen LogP contribution in [0.4, 0.5) is 0 Å². The van der Waals surface area contributed by atoms with Crippen LogP contribution in [0.3, 0.4) is 0 Å². The SMILES string of the molecule is Cc1ccc(S(=O)(=O)N2CCC(C(=O)NCC3=CCNCC3)CC2)cc1C. The van der Waals surface area contributed by atoms with E-state index in [1.54, 1.807) is 12.1 Å². The number of piperidine rings is 1. The highest BCUT2D eigenvalue weighted by atomic mass is 32.2. The van der Waals surface area contributed by atoms with Crippen molar-refractivity contribution in [2.24, 2.45) is 5.92 Å². The van der Waals surface area contributed by atoms with Crippen LogP contribution in [-0.2, 0) is 14.8 Å². The van der Waals surface area contributed by atoms with E-state index in [-0.39, 0.29) is 11.8 Å². The van der Waals surface area contributed by atoms with Gasteiger partial charge in [0.25, 0.3) is 0 Å². The van der Waals surface area contributed by atoms with Crippen molar-refractivity contribution in [3.63, 3.8) is 0 Å². The van der Waals surface area contributed by atoms with Crippen molar-refractivity contribution < 1.29 is 13.2 Å². The molecule has 1 amide bonds. The molecule has 0 aromatic heterocycles. The second-order valence-electron chi connectivity index (χ2n) is 7.46. The number of sulfonamides is 1. The molecule has 0 saturated carbocycles. The van der Waals surface area contributed by atoms with Gasteiger partial charge in [-0.25, -0.2) is 8.42 Å². The number of hydrogen-bond donors (Lipinski definition) is 2. The Balaban J connectivity index is 1.55. The molecule has 2 aliphatic rings. The second-order valence-corrected chi connectivity index (χ2v) is 9.40. The van der Waals surface area contributed by atoms with Crippen LogP contribution < -0.4 is 10.6 Å². The van der Waals surface area contributed by atoms with E-state index in [1.807, 2.05) is 19.9 Å². The Morgan fingerprint density at radius 2 is 1.96 bits per heavy atom. The van der Waals surface area contributed by atoms with Gasteiger partial charge in [0.05, 0.1) is 4.90 Å². The molecule has 148 valence electrons. The van der Waals surface area contributed by atoms with Crippen molar-refractivity contribution >= 4 is 15.9 Å². The number of carbonyl (C=O) groups excluding carboxylic acids is 1. The van der Waals surface area contributed by atoms with Crippen LogP contribution in [0.25, 0.3) is 0 Å². The zero-order chi connectivity index (χ0) is 19.4. The van der Waals surface area contributed by atoms with E-state index in [4.69, 9.17) is 0 Å². The molecule has 2 N–H and O–H groups in total. The summed E-state index contributed by atoms with van der Waals surface area (Å²) in [7, 11) is -3.49. The Kier molecular flexibility index (Phi) is 6.34. The summed E-state index contributed by atoms with van der Waals surface area (Å²) in [5, 5.41) is 6.27. The first-order valence-corrected chi connectivity index (χ1v) is 11.1. The van der Waals surface area contributed by atoms with Gasteiger partial charge in [-0.15, -0.1) is 0 Å². The largest absolute Gasteiger partial charge is 0.352 e. The molecule has 3 rings (SSSR count). The van der Waals surface area contributed by atoms with Crippen LogP contribution in [-0.4, -0.2) is 51.4 Å². The lowest BCUT2D eigenvalue weighted by atomic mass is 9.97. The summed E-state index contributed by atoms with van der Waals surface area (Å²) in [5.41, 5.74) is 3.31. The summed E-state index contributed by atoms with van der Waals surface area (Å²) in [6.45, 7) is 7.08. The van der Waals surface area contributed by atoms with E-state index in [9.17, 15) is 13.2 Å². The van der Waals surface area contributed by atoms with Gasteiger partial charge in [0.15, 0.2) is 0 Å². The third-order valence-corrected chi connectivity index (χ3v) is 7.48. The smallest absolute Gasteiger partial charge is 0.243 e. The molecular weight excluding hydrogens is 362 g/mol. The van der Waals surface area contributed by atoms with E-state index < -0.39 is 10.0 Å². The summed E-state index contributed by atoms with van der Waals surface area (Å²) < 4.78 is 27.3. The van der Waals surface area contributed by atoms with Gasteiger partial charge in [0.1, 0.15) is 0 Å². The number of rotatable bonds is 5. The maximum absolute atomic E-state index is 12.9. The van der Waals surface area contributed by atoms with Crippen molar-refractivity contribution in [3.05, 3.63) is 41.0 Å². The Hall–Kier alpha value is -1.70. The predicted octanol–water partition coefficient (Wildman–Crippen LogP) is 1.74. The maximum atomic E-state index is 12.9. The molecular formula is C20H29N3O3S. The number of hydrogen-bond acceptors (Lipinski definition) is 4. The molecule has 0 atom stereocenters. The Labute approximate surface area is 162 Å². The molecule has 1 saturated heterocycles. The molecule has 1 fully saturated rings. The number of carbonyl (C=O) groups is 1. The Bertz CT molecular complexity index is 825. The highest BCUT2D eigenvalue weighted by molar-refractivity contribution is 7.89. The number of benzene rings is 1. The summed E-state index contributed by atoms with van der Waals surface area (Å²) in [5.74, 6) is -0.0730. The fraction of sp³-hybridized carbons (Fsp3) is 0.550. The Morgan fingerprint density at radius 1 is 1.22 bits per heavy atom. The van der Waals surface area contributed by atoms with Crippen LogP contribution in [0.5, 0.6) is 0 Å². The summed E-state index contributed by atoms with van der Waals surface area (Å²) in [4.78, 5) is 12.8. The predicted molar refractivity (Wildman–Crippen MR) is 106 cm³/mol. The van der Waals surface area contributed by atoms with Gasteiger partial charge in [-0.05, 0) is 62.9 Å². The van der Waals surface area contributed by atoms with Crippen molar-refractivity contribution in [2.75, 3.05) is 32.7 Å². The van der Waals surface area contributed by atoms with Crippen molar-refractivity contribution in [1.82, 2.24) is 14.9 Å². The molecule has 1 aromatic carbocycles. The molecule has 1 aromatic rings. The van der Waals surface area contributed by atoms with E-state index in [1.165, 1.54) is 9.88 Å². The van der Waals surface area contributed by atoms with Crippen LogP contribution in [0, 0.1) is 19.8 Å². The van der Waals surface area contributed by atoms with E-state index in [2.05, 4.69) is 16.7 Å². The van der Waals surface area contributed by atoms with Crippen LogP contribution in [0.15, 0.2) is 34.7 Å². The number of nitrogens with zero attached hydrogens (tertiary/aromatic N) is 1. The number of nitrogens with one attached hydrogen (secondary N) is 2. The first-order chi connectivity index (χ1) is 12.9. The number of aryl methyl sites for hydroxylation is 2. The van der Waals surface area contributed by atoms with E-state index in [0.29, 0.717) is 37.4 Å². The molecule has 6 nitrogen and oxygen atoms in total. The minimum Gasteiger partial charge on any atom is -0.352 e. The van der Waals surface area contributed by atoms with Gasteiger partial charge >= 0.3 is 0 Å². The molecule has 0 radical (unpaired) electrons. The van der Waals surface area contributed by atoms with Gasteiger partial charge in [-0.2, -0.15) is 4.31 Å². The highest BCUT2D eigenvalue weighted by Crippen LogP contribution is 2.25. The summed E-state index contributed by atoms with van der Waals surface area (Å²) in [6, 6.07) is 5.25. The summed E-state index contributed by atoms with van der Waals surface area (Å²) in [6.07, 6.45) is 4.22. The van der Waals surface area contributed by atoms with Gasteiger partial charge in [-0.3, -0.25) is 4.79 Å². The fourth-order valence-corrected chi connectivity index (χ4v) is 5.11. The minimum absolute atomic E-state index is 0.0395. The Morgan fingerprint density at radius 3 is 2.59 bits per heavy atom. The highest BCUT2D eigenvalue weighted by Gasteiger charge is 2.32. The zero-order valence-corrected chi connectivity index (χ0v) is 16.9. The molecule has 2 aliphatic heterocycles. The van der Waals surface area contributed by atoms with Gasteiger partial charge < -0.3 is 10.6 Å². The van der Waals surface area contributed by atoms with Gasteiger partial charge in [0, 0.05) is 32.1 Å². The van der Waals surface area contributed by atoms with Gasteiger partial charge in [-0.1, -0.05) is 17.7 Å². The normalized spacial score (nSPS) is 19.6. The van der Waals surface area contributed by atoms with Crippen molar-refractivity contribution in [3.8, 4) is 0 Å². The first-order valence-electron chi connectivity index (χ1n) is 9.61. The molecule has 0 spiro atoms. The topological polar surface area (TPSA) is 78.5 Å². The third-order valence-electron chi connectivity index (χ3n) is 5.59. The van der Waals surface area contributed by atoms with E-state index >= 15 is 0 Å². The lowest BCUT2D eigenvalue weighted by molar-refractivity contribution is -0.125. The first kappa shape index (κ1) is 20.0. The fourth-order valence-electron chi connectivity index (χ4n) is 3.56. The van der Waals surface area contributed by atoms with Crippen molar-refractivity contribution in [1.29, 1.82) is 0 Å². The molecule has 2 heterocycles. The molecule has 0 unspecified atom stereocenters. The number of amides is 1. The average molecular weight is 392 g/mol. The lowest BCUT2D eigenvalue weighted by Crippen LogP contribution is -2.43. The summed E-state index contributed by atoms with van der Waals surface area (Å²) >= 11 is 0. The van der Waals surface area contributed by atoms with Crippen LogP contribution in [0.1, 0.15) is 30.4 Å². The monoisotopic (exact) mass is 391 g/mol. The molecule has 27 heavy (non-hydrogen) atoms. The zero-order valence-electron chi connectivity index (χ0n) is 16.1. The maximum Gasteiger partial charge on any atom is 0.243 e.